The summed E-state index contributed by atoms with van der Waals surface area (Å²) in [5.41, 5.74) is 7.13. The van der Waals surface area contributed by atoms with Crippen LogP contribution in [-0.4, -0.2) is 22.1 Å². The van der Waals surface area contributed by atoms with Gasteiger partial charge >= 0.3 is 0 Å². The van der Waals surface area contributed by atoms with Gasteiger partial charge in [0.25, 0.3) is 0 Å². The molecule has 0 saturated carbocycles. The summed E-state index contributed by atoms with van der Waals surface area (Å²) in [6, 6.07) is 12.8. The molecule has 12 atom stereocenters. The summed E-state index contributed by atoms with van der Waals surface area (Å²) >= 11 is 15.7. The summed E-state index contributed by atoms with van der Waals surface area (Å²) in [4.78, 5) is 8.60. The number of nitrogens with two attached hydrogens (primary N) is 1. The van der Waals surface area contributed by atoms with Crippen molar-refractivity contribution in [3.8, 4) is 0 Å². The standard InChI is InChI=1S/C10H11BrN2S.C7H3BrClNS.C3H9N.H24P22/c1-6(2)12-10-13-8-4-3-7(11)5-9(8)14-10;8-4-1-2-5-6(3-4)11-7(9)10-5;1-3(2)4;1-13(2)19(14(3)4)22(20(15(5)6)16(7)8)21(17(9)10)18(11)12/h3-6H,1-2H3,(H,12,13);1-3H;3H,4H2,1-2H3;1-12H2. The molecule has 31 heteroatoms. The molecular weight excluding hydrogens is 1240 g/mol. The number of nitrogens with zero attached hydrogens (tertiary/aromatic N) is 2. The molecule has 0 aliphatic rings. The van der Waals surface area contributed by atoms with E-state index in [0.29, 0.717) is 16.6 Å². The Bertz CT molecular complexity index is 1510. The van der Waals surface area contributed by atoms with Crippen LogP contribution in [-0.2, 0) is 0 Å². The van der Waals surface area contributed by atoms with E-state index in [1.165, 1.54) is 16.0 Å². The second-order valence-electron chi connectivity index (χ2n) is 10.1. The van der Waals surface area contributed by atoms with E-state index in [1.54, 1.807) is 11.3 Å². The monoisotopic (exact) mass is 1280 g/mol. The van der Waals surface area contributed by atoms with Gasteiger partial charge in [-0.25, -0.2) is 9.97 Å². The van der Waals surface area contributed by atoms with Gasteiger partial charge < -0.3 is 11.1 Å². The Morgan fingerprint density at radius 1 is 0.608 bits per heavy atom. The second kappa shape index (κ2) is 30.8. The minimum atomic E-state index is 0.00720. The van der Waals surface area contributed by atoms with Crippen LogP contribution in [0.2, 0.25) is 4.47 Å². The zero-order chi connectivity index (χ0) is 39.3. The fraction of sp³-hybridized carbons (Fsp3) is 0.300. The van der Waals surface area contributed by atoms with Crippen molar-refractivity contribution in [3.05, 3.63) is 49.8 Å². The quantitative estimate of drug-likeness (QED) is 0.147. The van der Waals surface area contributed by atoms with Gasteiger partial charge in [-0.05, 0) is 126 Å². The number of thiazole rings is 2. The van der Waals surface area contributed by atoms with E-state index in [0.717, 1.165) is 29.8 Å². The lowest BCUT2D eigenvalue weighted by Gasteiger charge is -2.47. The first-order valence-electron chi connectivity index (χ1n) is 13.8. The third-order valence-electron chi connectivity index (χ3n) is 4.81. The first kappa shape index (κ1) is 57.7. The molecule has 290 valence electrons. The fourth-order valence-corrected chi connectivity index (χ4v) is 279. The summed E-state index contributed by atoms with van der Waals surface area (Å²) in [7, 11) is 38.2. The molecule has 12 unspecified atom stereocenters. The number of hydrogen-bond acceptors (Lipinski definition) is 6. The molecule has 0 aliphatic carbocycles. The highest BCUT2D eigenvalue weighted by molar-refractivity contribution is 9.38. The lowest BCUT2D eigenvalue weighted by atomic mass is 10.3. The molecule has 0 saturated heterocycles. The lowest BCUT2D eigenvalue weighted by Crippen LogP contribution is -2.08. The summed E-state index contributed by atoms with van der Waals surface area (Å²) in [5, 5.41) is 4.30. The average Bonchev–Trinajstić information content (AvgIpc) is 3.52. The van der Waals surface area contributed by atoms with Crippen molar-refractivity contribution >= 4 is 269 Å². The predicted octanol–water partition coefficient (Wildman–Crippen LogP) is 20.5. The first-order valence-corrected chi connectivity index (χ1v) is 56.6. The van der Waals surface area contributed by atoms with E-state index in [9.17, 15) is 0 Å². The van der Waals surface area contributed by atoms with Crippen molar-refractivity contribution in [1.82, 2.24) is 9.97 Å². The Morgan fingerprint density at radius 2 is 0.941 bits per heavy atom. The van der Waals surface area contributed by atoms with Gasteiger partial charge in [-0.15, -0.1) is 118 Å². The van der Waals surface area contributed by atoms with E-state index in [2.05, 4.69) is 174 Å². The molecule has 2 aromatic heterocycles. The molecule has 51 heavy (non-hydrogen) atoms. The van der Waals surface area contributed by atoms with Gasteiger partial charge in [0, 0.05) is 15.0 Å². The average molecular weight is 1280 g/mol. The highest BCUT2D eigenvalue weighted by Gasteiger charge is 2.44. The Kier molecular flexibility index (Phi) is 34.8. The minimum absolute atomic E-state index is 0.00720. The van der Waals surface area contributed by atoms with Crippen LogP contribution in [0.3, 0.4) is 0 Å². The third kappa shape index (κ3) is 22.9. The van der Waals surface area contributed by atoms with Crippen molar-refractivity contribution < 1.29 is 0 Å². The van der Waals surface area contributed by atoms with Gasteiger partial charge in [0.15, 0.2) is 9.60 Å². The maximum atomic E-state index is 5.73. The Morgan fingerprint density at radius 3 is 1.27 bits per heavy atom. The molecule has 0 bridgehead atoms. The summed E-state index contributed by atoms with van der Waals surface area (Å²) in [6.45, 7) is 8.62. The van der Waals surface area contributed by atoms with Gasteiger partial charge in [-0.2, -0.15) is 0 Å². The van der Waals surface area contributed by atoms with E-state index < -0.39 is 0 Å². The highest BCUT2D eigenvalue weighted by atomic mass is 79.9. The number of hydrogen-bond donors (Lipinski definition) is 2. The zero-order valence-corrected chi connectivity index (χ0v) is 56.3. The smallest absolute Gasteiger partial charge is 0.184 e. The van der Waals surface area contributed by atoms with Gasteiger partial charge in [0.1, 0.15) is 0 Å². The largest absolute Gasteiger partial charge is 0.359 e. The molecule has 4 rings (SSSR count). The van der Waals surface area contributed by atoms with Gasteiger partial charge in [0.05, 0.1) is 20.4 Å². The van der Waals surface area contributed by atoms with Crippen molar-refractivity contribution in [3.63, 3.8) is 0 Å². The van der Waals surface area contributed by atoms with Crippen molar-refractivity contribution in [2.24, 2.45) is 5.73 Å². The summed E-state index contributed by atoms with van der Waals surface area (Å²) in [6.07, 6.45) is 0. The van der Waals surface area contributed by atoms with Crippen molar-refractivity contribution in [1.29, 1.82) is 0 Å². The second-order valence-corrected chi connectivity index (χ2v) is 102. The van der Waals surface area contributed by atoms with Gasteiger partial charge in [0.2, 0.25) is 0 Å². The topological polar surface area (TPSA) is 63.8 Å². The van der Waals surface area contributed by atoms with Crippen LogP contribution in [0.5, 0.6) is 0 Å². The normalized spacial score (nSPS) is 12.1. The van der Waals surface area contributed by atoms with Crippen LogP contribution in [0.1, 0.15) is 27.7 Å². The van der Waals surface area contributed by atoms with Crippen LogP contribution in [0.4, 0.5) is 5.13 Å². The Labute approximate surface area is 374 Å². The Hall–Kier alpha value is 8.69. The summed E-state index contributed by atoms with van der Waals surface area (Å²) in [5.74, 6) is 0. The van der Waals surface area contributed by atoms with Crippen LogP contribution in [0, 0.1) is 0 Å². The lowest BCUT2D eigenvalue weighted by molar-refractivity contribution is 0.834. The molecule has 0 amide bonds. The van der Waals surface area contributed by atoms with Crippen LogP contribution < -0.4 is 11.1 Å². The fourth-order valence-electron chi connectivity index (χ4n) is 3.20. The van der Waals surface area contributed by atoms with E-state index in [-0.39, 0.29) is 69.9 Å². The molecule has 3 N–H and O–H groups in total. The molecule has 4 aromatic rings. The molecule has 2 aromatic carbocycles. The van der Waals surface area contributed by atoms with Gasteiger partial charge in [-0.3, -0.25) is 0 Å². The van der Waals surface area contributed by atoms with E-state index in [1.807, 2.05) is 44.2 Å². The number of halogens is 3. The Balaban J connectivity index is 0.000000381. The SMILES string of the molecule is CC(C)N.CC(C)Nc1nc2ccc(Br)cc2s1.Clc1nc2ccc(Br)cc2s1.PP(P)P(P(P)P)P(P(P(P)P)P(P)P)P(P(P)P)P(P)P. The minimum Gasteiger partial charge on any atom is -0.359 e. The first-order chi connectivity index (χ1) is 23.6. The highest BCUT2D eigenvalue weighted by Crippen LogP contribution is 3.32. The maximum absolute atomic E-state index is 5.73. The molecule has 2 heterocycles. The number of rotatable bonds is 11. The van der Waals surface area contributed by atoms with Crippen LogP contribution in [0.15, 0.2) is 45.3 Å². The number of benzene rings is 2. The number of anilines is 1. The molecule has 0 aliphatic heterocycles. The maximum Gasteiger partial charge on any atom is 0.184 e. The third-order valence-corrected chi connectivity index (χ3v) is 145. The van der Waals surface area contributed by atoms with Crippen molar-refractivity contribution in [2.75, 3.05) is 5.32 Å². The van der Waals surface area contributed by atoms with E-state index in [4.69, 9.17) is 17.3 Å². The number of fused-ring (bicyclic) bond motifs is 2. The summed E-state index contributed by atoms with van der Waals surface area (Å²) < 4.78 is 5.08. The van der Waals surface area contributed by atoms with Gasteiger partial charge in [-0.1, -0.05) is 68.6 Å². The molecule has 0 radical (unpaired) electrons. The number of nitrogens with one attached hydrogen (secondary N) is 1. The van der Waals surface area contributed by atoms with Crippen LogP contribution in [0.25, 0.3) is 20.4 Å². The van der Waals surface area contributed by atoms with Crippen LogP contribution >= 0.6 is 243 Å². The molecule has 0 spiro atoms. The molecular formula is C20H47Br2ClN4P22S2. The zero-order valence-electron chi connectivity index (χ0n) is 27.9. The molecule has 0 fully saturated rings. The van der Waals surface area contributed by atoms with Crippen molar-refractivity contribution in [2.45, 2.75) is 39.8 Å². The predicted molar refractivity (Wildman–Crippen MR) is 323 cm³/mol. The van der Waals surface area contributed by atoms with E-state index >= 15 is 0 Å². The molecule has 4 nitrogen and oxygen atoms in total. The number of aromatic nitrogens is 2.